The Morgan fingerprint density at radius 3 is 2.81 bits per heavy atom. The second kappa shape index (κ2) is 8.31. The van der Waals surface area contributed by atoms with Gasteiger partial charge in [-0.15, -0.1) is 0 Å². The van der Waals surface area contributed by atoms with E-state index in [0.29, 0.717) is 27.5 Å². The van der Waals surface area contributed by atoms with Crippen molar-refractivity contribution in [2.24, 2.45) is 0 Å². The van der Waals surface area contributed by atoms with Gasteiger partial charge in [0.05, 0.1) is 10.7 Å². The molecule has 0 fully saturated rings. The van der Waals surface area contributed by atoms with Gasteiger partial charge in [0, 0.05) is 30.2 Å². The summed E-state index contributed by atoms with van der Waals surface area (Å²) < 4.78 is 19.7. The minimum Gasteiger partial charge on any atom is -0.441 e. The first-order chi connectivity index (χ1) is 14.8. The molecule has 4 aromatic rings. The molecule has 0 atom stereocenters. The number of nitrogens with one attached hydrogen (secondary N) is 1. The molecule has 0 aliphatic rings. The van der Waals surface area contributed by atoms with Crippen molar-refractivity contribution in [3.8, 4) is 0 Å². The van der Waals surface area contributed by atoms with E-state index in [2.05, 4.69) is 20.3 Å². The molecule has 3 heterocycles. The Kier molecular flexibility index (Phi) is 5.56. The van der Waals surface area contributed by atoms with Gasteiger partial charge in [-0.05, 0) is 54.8 Å². The molecule has 3 aromatic heterocycles. The van der Waals surface area contributed by atoms with Crippen LogP contribution in [0.4, 0.5) is 10.2 Å². The summed E-state index contributed by atoms with van der Waals surface area (Å²) in [5.74, 6) is -0.540. The number of carbonyl (C=O) groups excluding carboxylic acids is 1. The highest BCUT2D eigenvalue weighted by Gasteiger charge is 2.16. The second-order valence-corrected chi connectivity index (χ2v) is 7.67. The van der Waals surface area contributed by atoms with Gasteiger partial charge in [0.1, 0.15) is 23.4 Å². The molecule has 1 aromatic carbocycles. The molecule has 0 aliphatic carbocycles. The molecule has 0 radical (unpaired) electrons. The average molecular weight is 440 g/mol. The maximum atomic E-state index is 14.3. The number of aromatic nitrogens is 3. The zero-order valence-electron chi connectivity index (χ0n) is 16.9. The van der Waals surface area contributed by atoms with Crippen molar-refractivity contribution in [2.45, 2.75) is 26.8 Å². The van der Waals surface area contributed by atoms with Crippen molar-refractivity contribution in [1.82, 2.24) is 20.3 Å². The molecule has 0 unspecified atom stereocenters. The van der Waals surface area contributed by atoms with Gasteiger partial charge in [0.15, 0.2) is 0 Å². The highest BCUT2D eigenvalue weighted by Crippen LogP contribution is 2.23. The summed E-state index contributed by atoms with van der Waals surface area (Å²) in [6, 6.07) is 6.57. The van der Waals surface area contributed by atoms with E-state index in [1.54, 1.807) is 18.2 Å². The van der Waals surface area contributed by atoms with Crippen molar-refractivity contribution in [2.75, 3.05) is 5.73 Å². The number of oxazole rings is 1. The van der Waals surface area contributed by atoms with Crippen LogP contribution in [0.15, 0.2) is 41.1 Å². The first-order valence-corrected chi connectivity index (χ1v) is 9.87. The normalized spacial score (nSPS) is 11.1. The van der Waals surface area contributed by atoms with Crippen LogP contribution in [0.2, 0.25) is 5.02 Å². The Labute approximate surface area is 182 Å². The molecular weight excluding hydrogens is 421 g/mol. The molecule has 0 aliphatic heterocycles. The minimum atomic E-state index is -0.456. The predicted octanol–water partition coefficient (Wildman–Crippen LogP) is 4.13. The monoisotopic (exact) mass is 439 g/mol. The first kappa shape index (κ1) is 20.7. The number of nitrogens with two attached hydrogens (primary N) is 1. The van der Waals surface area contributed by atoms with Gasteiger partial charge in [-0.1, -0.05) is 11.6 Å². The van der Waals surface area contributed by atoms with Gasteiger partial charge in [-0.2, -0.15) is 0 Å². The highest BCUT2D eigenvalue weighted by molar-refractivity contribution is 6.31. The van der Waals surface area contributed by atoms with Crippen LogP contribution in [0, 0.1) is 19.7 Å². The fraction of sp³-hybridized carbons (Fsp3) is 0.182. The van der Waals surface area contributed by atoms with Gasteiger partial charge < -0.3 is 15.5 Å². The maximum absolute atomic E-state index is 14.3. The molecular formula is C22H19ClFN5O2. The van der Waals surface area contributed by atoms with E-state index in [9.17, 15) is 9.18 Å². The zero-order chi connectivity index (χ0) is 22.1. The lowest BCUT2D eigenvalue weighted by Crippen LogP contribution is -2.24. The lowest BCUT2D eigenvalue weighted by Gasteiger charge is -2.10. The molecule has 31 heavy (non-hydrogen) atoms. The number of amides is 1. The number of aryl methyl sites for hydroxylation is 2. The summed E-state index contributed by atoms with van der Waals surface area (Å²) in [5.41, 5.74) is 9.71. The summed E-state index contributed by atoms with van der Waals surface area (Å²) in [6.07, 6.45) is 3.07. The smallest absolute Gasteiger partial charge is 0.307 e. The van der Waals surface area contributed by atoms with E-state index < -0.39 is 11.7 Å². The fourth-order valence-electron chi connectivity index (χ4n) is 3.44. The number of benzene rings is 1. The lowest BCUT2D eigenvalue weighted by molar-refractivity contribution is 0.0916. The number of nitrogens with zero attached hydrogens (tertiary/aromatic N) is 3. The van der Waals surface area contributed by atoms with Crippen molar-refractivity contribution >= 4 is 34.2 Å². The van der Waals surface area contributed by atoms with Crippen molar-refractivity contribution in [3.05, 3.63) is 81.5 Å². The van der Waals surface area contributed by atoms with Crippen LogP contribution in [0.1, 0.15) is 38.8 Å². The molecule has 3 N–H and O–H groups in total. The number of hydrogen-bond acceptors (Lipinski definition) is 6. The van der Waals surface area contributed by atoms with E-state index in [1.165, 1.54) is 18.5 Å². The van der Waals surface area contributed by atoms with Crippen LogP contribution in [-0.2, 0) is 13.0 Å². The van der Waals surface area contributed by atoms with E-state index in [1.807, 2.05) is 13.8 Å². The zero-order valence-corrected chi connectivity index (χ0v) is 17.6. The largest absolute Gasteiger partial charge is 0.441 e. The quantitative estimate of drug-likeness (QED) is 0.484. The minimum absolute atomic E-state index is 0.0697. The van der Waals surface area contributed by atoms with Gasteiger partial charge in [-0.3, -0.25) is 9.78 Å². The summed E-state index contributed by atoms with van der Waals surface area (Å²) in [5, 5.41) is 3.79. The lowest BCUT2D eigenvalue weighted by atomic mass is 10.1. The van der Waals surface area contributed by atoms with E-state index in [4.69, 9.17) is 21.8 Å². The molecule has 0 bridgehead atoms. The number of halogens is 2. The number of rotatable bonds is 5. The Bertz CT molecular complexity index is 1280. The van der Waals surface area contributed by atoms with Crippen LogP contribution in [-0.4, -0.2) is 20.9 Å². The predicted molar refractivity (Wildman–Crippen MR) is 115 cm³/mol. The van der Waals surface area contributed by atoms with Crippen LogP contribution in [0.3, 0.4) is 0 Å². The van der Waals surface area contributed by atoms with Crippen LogP contribution in [0.25, 0.3) is 10.9 Å². The average Bonchev–Trinajstić information content (AvgIpc) is 3.15. The van der Waals surface area contributed by atoms with Crippen molar-refractivity contribution in [3.63, 3.8) is 0 Å². The van der Waals surface area contributed by atoms with Gasteiger partial charge in [0.25, 0.3) is 5.89 Å². The topological polar surface area (TPSA) is 107 Å². The van der Waals surface area contributed by atoms with Gasteiger partial charge >= 0.3 is 5.91 Å². The van der Waals surface area contributed by atoms with Crippen LogP contribution in [0.5, 0.6) is 0 Å². The van der Waals surface area contributed by atoms with E-state index >= 15 is 0 Å². The first-order valence-electron chi connectivity index (χ1n) is 9.49. The SMILES string of the molecule is Cc1cc(N)nc(C)c1CNC(=O)c1nc(Cc2cc(F)c3ncc(Cl)cc3c2)co1. The Morgan fingerprint density at radius 2 is 2.03 bits per heavy atom. The highest BCUT2D eigenvalue weighted by atomic mass is 35.5. The Balaban J connectivity index is 1.47. The standard InChI is InChI=1S/C22H19ClFN5O2/c1-11-3-19(25)28-12(2)17(11)9-27-21(30)22-29-16(10-31-22)5-13-4-14-7-15(23)8-26-20(14)18(24)6-13/h3-4,6-8,10H,5,9H2,1-2H3,(H2,25,28)(H,27,30). The third-order valence-corrected chi connectivity index (χ3v) is 5.10. The summed E-state index contributed by atoms with van der Waals surface area (Å²) in [4.78, 5) is 24.9. The number of carbonyl (C=O) groups is 1. The Hall–Kier alpha value is -3.52. The van der Waals surface area contributed by atoms with Gasteiger partial charge in [-0.25, -0.2) is 14.4 Å². The molecule has 0 saturated heterocycles. The van der Waals surface area contributed by atoms with E-state index in [0.717, 1.165) is 16.8 Å². The molecule has 7 nitrogen and oxygen atoms in total. The molecule has 0 saturated carbocycles. The molecule has 1 amide bonds. The van der Waals surface area contributed by atoms with Gasteiger partial charge in [0.2, 0.25) is 0 Å². The summed E-state index contributed by atoms with van der Waals surface area (Å²) in [7, 11) is 0. The number of hydrogen-bond donors (Lipinski definition) is 2. The van der Waals surface area contributed by atoms with Crippen molar-refractivity contribution in [1.29, 1.82) is 0 Å². The number of pyridine rings is 2. The summed E-state index contributed by atoms with van der Waals surface area (Å²) in [6.45, 7) is 4.01. The van der Waals surface area contributed by atoms with E-state index in [-0.39, 0.29) is 24.4 Å². The second-order valence-electron chi connectivity index (χ2n) is 7.23. The molecule has 158 valence electrons. The molecule has 9 heteroatoms. The fourth-order valence-corrected chi connectivity index (χ4v) is 3.61. The van der Waals surface area contributed by atoms with Crippen LogP contribution >= 0.6 is 11.6 Å². The third kappa shape index (κ3) is 4.49. The van der Waals surface area contributed by atoms with Crippen molar-refractivity contribution < 1.29 is 13.6 Å². The molecule has 4 rings (SSSR count). The number of nitrogen functional groups attached to an aromatic ring is 1. The third-order valence-electron chi connectivity index (χ3n) is 4.89. The van der Waals surface area contributed by atoms with Crippen LogP contribution < -0.4 is 11.1 Å². The summed E-state index contributed by atoms with van der Waals surface area (Å²) >= 11 is 5.96. The Morgan fingerprint density at radius 1 is 1.23 bits per heavy atom. The number of fused-ring (bicyclic) bond motifs is 1. The molecule has 0 spiro atoms. The maximum Gasteiger partial charge on any atom is 0.307 e. The number of anilines is 1.